The summed E-state index contributed by atoms with van der Waals surface area (Å²) in [7, 11) is 0. The summed E-state index contributed by atoms with van der Waals surface area (Å²) in [5, 5.41) is 0. The van der Waals surface area contributed by atoms with Gasteiger partial charge in [0.05, 0.1) is 0 Å². The third-order valence-corrected chi connectivity index (χ3v) is 2.48. The van der Waals surface area contributed by atoms with Crippen LogP contribution in [0.5, 0.6) is 0 Å². The number of hydrogen-bond acceptors (Lipinski definition) is 0. The highest BCUT2D eigenvalue weighted by molar-refractivity contribution is 5.15. The van der Waals surface area contributed by atoms with Crippen LogP contribution in [-0.4, -0.2) is 0 Å². The van der Waals surface area contributed by atoms with Crippen molar-refractivity contribution >= 4 is 0 Å². The van der Waals surface area contributed by atoms with Gasteiger partial charge in [-0.2, -0.15) is 0 Å². The Morgan fingerprint density at radius 1 is 1.56 bits per heavy atom. The maximum atomic E-state index is 4.02. The first kappa shape index (κ1) is 7.11. The molecule has 0 saturated heterocycles. The van der Waals surface area contributed by atoms with Crippen LogP contribution in [0, 0.1) is 24.2 Å². The third kappa shape index (κ3) is 1.12. The van der Waals surface area contributed by atoms with Crippen LogP contribution in [0.4, 0.5) is 0 Å². The molecule has 0 N–H and O–H groups in total. The van der Waals surface area contributed by atoms with Crippen molar-refractivity contribution in [1.82, 2.24) is 0 Å². The number of hydrogen-bond donors (Lipinski definition) is 0. The monoisotopic (exact) mass is 124 g/mol. The van der Waals surface area contributed by atoms with E-state index in [-0.39, 0.29) is 0 Å². The molecule has 1 atom stereocenters. The fraction of sp³-hybridized carbons (Fsp3) is 0.778. The first-order valence-corrected chi connectivity index (χ1v) is 3.73. The highest BCUT2D eigenvalue weighted by atomic mass is 14.4. The van der Waals surface area contributed by atoms with E-state index in [0.29, 0.717) is 11.3 Å². The highest BCUT2D eigenvalue weighted by Crippen LogP contribution is 2.51. The van der Waals surface area contributed by atoms with Crippen LogP contribution in [-0.2, 0) is 0 Å². The van der Waals surface area contributed by atoms with Crippen LogP contribution < -0.4 is 0 Å². The first-order chi connectivity index (χ1) is 4.04. The smallest absolute Gasteiger partial charge is 0.0156 e. The molecule has 1 unspecified atom stereocenters. The van der Waals surface area contributed by atoms with Gasteiger partial charge in [0.2, 0.25) is 0 Å². The molecule has 0 heterocycles. The molecule has 0 spiro atoms. The lowest BCUT2D eigenvalue weighted by atomic mass is 9.58. The molecule has 0 aromatic carbocycles. The van der Waals surface area contributed by atoms with E-state index in [1.807, 2.05) is 0 Å². The van der Waals surface area contributed by atoms with E-state index in [4.69, 9.17) is 0 Å². The van der Waals surface area contributed by atoms with Gasteiger partial charge in [0.25, 0.3) is 0 Å². The average molecular weight is 124 g/mol. The van der Waals surface area contributed by atoms with E-state index >= 15 is 0 Å². The first-order valence-electron chi connectivity index (χ1n) is 3.73. The second kappa shape index (κ2) is 2.00. The van der Waals surface area contributed by atoms with Gasteiger partial charge in [0.15, 0.2) is 0 Å². The molecule has 2 radical (unpaired) electrons. The molecule has 0 bridgehead atoms. The van der Waals surface area contributed by atoms with Crippen LogP contribution in [0.15, 0.2) is 0 Å². The molecule has 0 nitrogen and oxygen atoms in total. The Morgan fingerprint density at radius 2 is 2.11 bits per heavy atom. The molecule has 1 saturated carbocycles. The Kier molecular flexibility index (Phi) is 1.58. The van der Waals surface area contributed by atoms with E-state index in [1.165, 1.54) is 12.8 Å². The van der Waals surface area contributed by atoms with E-state index < -0.39 is 0 Å². The normalized spacial score (nSPS) is 26.3. The summed E-state index contributed by atoms with van der Waals surface area (Å²) in [6.45, 7) is 10.8. The van der Waals surface area contributed by atoms with E-state index in [0.717, 1.165) is 0 Å². The van der Waals surface area contributed by atoms with Gasteiger partial charge in [-0.3, -0.25) is 0 Å². The van der Waals surface area contributed by atoms with E-state index in [1.54, 1.807) is 5.92 Å². The van der Waals surface area contributed by atoms with Crippen molar-refractivity contribution in [2.45, 2.75) is 33.6 Å². The minimum Gasteiger partial charge on any atom is -0.0619 e. The third-order valence-electron chi connectivity index (χ3n) is 2.48. The topological polar surface area (TPSA) is 0 Å². The summed E-state index contributed by atoms with van der Waals surface area (Å²) in [6, 6.07) is 0. The largest absolute Gasteiger partial charge is 0.0619 e. The van der Waals surface area contributed by atoms with Crippen LogP contribution in [0.25, 0.3) is 0 Å². The van der Waals surface area contributed by atoms with Gasteiger partial charge in [-0.25, -0.2) is 0 Å². The van der Waals surface area contributed by atoms with Gasteiger partial charge >= 0.3 is 0 Å². The summed E-state index contributed by atoms with van der Waals surface area (Å²) in [5.41, 5.74) is 0.515. The van der Waals surface area contributed by atoms with Crippen molar-refractivity contribution in [1.29, 1.82) is 0 Å². The van der Waals surface area contributed by atoms with Crippen LogP contribution in [0.3, 0.4) is 0 Å². The molecule has 0 aromatic heterocycles. The lowest BCUT2D eigenvalue weighted by molar-refractivity contribution is 0.201. The zero-order valence-electron chi connectivity index (χ0n) is 6.70. The van der Waals surface area contributed by atoms with Crippen molar-refractivity contribution in [3.8, 4) is 0 Å². The van der Waals surface area contributed by atoms with Gasteiger partial charge in [0.1, 0.15) is 0 Å². The molecule has 0 amide bonds. The molecule has 52 valence electrons. The molecule has 1 rings (SSSR count). The second-order valence-corrected chi connectivity index (χ2v) is 3.81. The zero-order valence-corrected chi connectivity index (χ0v) is 6.70. The predicted molar refractivity (Wildman–Crippen MR) is 40.8 cm³/mol. The quantitative estimate of drug-likeness (QED) is 0.504. The van der Waals surface area contributed by atoms with Crippen molar-refractivity contribution in [3.63, 3.8) is 0 Å². The number of rotatable bonds is 1. The summed E-state index contributed by atoms with van der Waals surface area (Å²) in [6.07, 6.45) is 2.68. The standard InChI is InChI=1S/C9H16/c1-7(2)8-5-6-9(8,3)4/h7H,1,5-6H2,2-4H3. The average Bonchev–Trinajstić information content (AvgIpc) is 1.62. The molecule has 0 aliphatic heterocycles. The Hall–Kier alpha value is 0. The molecule has 9 heavy (non-hydrogen) atoms. The molecular formula is C9H16. The Bertz CT molecular complexity index is 101. The zero-order chi connectivity index (χ0) is 7.07. The molecule has 1 aliphatic carbocycles. The summed E-state index contributed by atoms with van der Waals surface area (Å²) in [5.74, 6) is 2.22. The van der Waals surface area contributed by atoms with Gasteiger partial charge in [-0.1, -0.05) is 20.8 Å². The van der Waals surface area contributed by atoms with Gasteiger partial charge < -0.3 is 0 Å². The molecule has 1 fully saturated rings. The van der Waals surface area contributed by atoms with Crippen molar-refractivity contribution in [3.05, 3.63) is 12.8 Å². The van der Waals surface area contributed by atoms with Crippen LogP contribution in [0.1, 0.15) is 33.6 Å². The van der Waals surface area contributed by atoms with Crippen LogP contribution in [0.2, 0.25) is 0 Å². The molecule has 1 aliphatic rings. The van der Waals surface area contributed by atoms with Gasteiger partial charge in [-0.15, -0.1) is 0 Å². The lowest BCUT2D eigenvalue weighted by Crippen LogP contribution is -2.35. The fourth-order valence-electron chi connectivity index (χ4n) is 1.68. The van der Waals surface area contributed by atoms with Gasteiger partial charge in [-0.05, 0) is 37.0 Å². The minimum absolute atomic E-state index is 0.515. The Balaban J connectivity index is 2.45. The maximum Gasteiger partial charge on any atom is -0.0156 e. The second-order valence-electron chi connectivity index (χ2n) is 3.81. The summed E-state index contributed by atoms with van der Waals surface area (Å²) < 4.78 is 0. The van der Waals surface area contributed by atoms with Crippen molar-refractivity contribution in [2.24, 2.45) is 11.3 Å². The fourth-order valence-corrected chi connectivity index (χ4v) is 1.68. The van der Waals surface area contributed by atoms with Crippen LogP contribution >= 0.6 is 0 Å². The minimum atomic E-state index is 0.515. The Labute approximate surface area is 58.7 Å². The van der Waals surface area contributed by atoms with Crippen molar-refractivity contribution < 1.29 is 0 Å². The highest BCUT2D eigenvalue weighted by Gasteiger charge is 2.40. The van der Waals surface area contributed by atoms with E-state index in [2.05, 4.69) is 27.7 Å². The lowest BCUT2D eigenvalue weighted by Gasteiger charge is -2.46. The SMILES string of the molecule is [CH2]C(C)[C]1CCC1(C)C. The molecule has 0 heteroatoms. The summed E-state index contributed by atoms with van der Waals surface area (Å²) in [4.78, 5) is 0. The van der Waals surface area contributed by atoms with E-state index in [9.17, 15) is 0 Å². The molecule has 0 aromatic rings. The molecular weight excluding hydrogens is 108 g/mol. The maximum absolute atomic E-state index is 4.02. The van der Waals surface area contributed by atoms with Gasteiger partial charge in [0, 0.05) is 0 Å². The summed E-state index contributed by atoms with van der Waals surface area (Å²) >= 11 is 0. The predicted octanol–water partition coefficient (Wildman–Crippen LogP) is 2.85. The van der Waals surface area contributed by atoms with Crippen molar-refractivity contribution in [2.75, 3.05) is 0 Å². The Morgan fingerprint density at radius 3 is 2.11 bits per heavy atom.